The van der Waals surface area contributed by atoms with Crippen LogP contribution in [0.1, 0.15) is 11.1 Å². The fraction of sp³-hybridized carbons (Fsp3) is 0.188. The number of rotatable bonds is 1. The van der Waals surface area contributed by atoms with E-state index in [1.165, 1.54) is 24.3 Å². The van der Waals surface area contributed by atoms with Crippen LogP contribution in [0.25, 0.3) is 11.1 Å². The normalized spacial score (nSPS) is 17.5. The van der Waals surface area contributed by atoms with Crippen molar-refractivity contribution in [1.29, 1.82) is 0 Å². The Morgan fingerprint density at radius 2 is 1.76 bits per heavy atom. The van der Waals surface area contributed by atoms with E-state index in [2.05, 4.69) is 6.92 Å². The van der Waals surface area contributed by atoms with Gasteiger partial charge in [-0.3, -0.25) is 0 Å². The summed E-state index contributed by atoms with van der Waals surface area (Å²) in [6.07, 6.45) is -4.53. The van der Waals surface area contributed by atoms with E-state index in [1.54, 1.807) is 0 Å². The predicted octanol–water partition coefficient (Wildman–Crippen LogP) is 4.65. The summed E-state index contributed by atoms with van der Waals surface area (Å²) in [6, 6.07) is 7.41. The predicted molar refractivity (Wildman–Crippen MR) is 70.3 cm³/mol. The lowest BCUT2D eigenvalue weighted by Gasteiger charge is -2.14. The number of hydrogen-bond acceptors (Lipinski definition) is 1. The minimum Gasteiger partial charge on any atom is -0.489 e. The van der Waals surface area contributed by atoms with Crippen LogP contribution in [0.5, 0.6) is 5.75 Å². The molecule has 1 unspecified atom stereocenters. The van der Waals surface area contributed by atoms with E-state index in [0.29, 0.717) is 28.9 Å². The van der Waals surface area contributed by atoms with Crippen LogP contribution >= 0.6 is 0 Å². The van der Waals surface area contributed by atoms with Crippen molar-refractivity contribution in [2.45, 2.75) is 18.7 Å². The van der Waals surface area contributed by atoms with E-state index in [4.69, 9.17) is 4.74 Å². The van der Waals surface area contributed by atoms with Crippen LogP contribution in [0.4, 0.5) is 17.6 Å². The maximum Gasteiger partial charge on any atom is 0.416 e. The first-order valence-electron chi connectivity index (χ1n) is 6.34. The SMILES string of the molecule is [CH2]C1Cc2cc(C(F)(F)F)cc(-c3ccc(F)cc3)c2O1. The van der Waals surface area contributed by atoms with E-state index in [1.807, 2.05) is 0 Å². The zero-order chi connectivity index (χ0) is 15.2. The third kappa shape index (κ3) is 2.60. The van der Waals surface area contributed by atoms with Gasteiger partial charge in [0, 0.05) is 12.0 Å². The van der Waals surface area contributed by atoms with Crippen molar-refractivity contribution in [2.75, 3.05) is 0 Å². The van der Waals surface area contributed by atoms with Crippen LogP contribution in [0.2, 0.25) is 0 Å². The molecule has 3 rings (SSSR count). The van der Waals surface area contributed by atoms with E-state index in [9.17, 15) is 17.6 Å². The molecule has 1 aliphatic rings. The van der Waals surface area contributed by atoms with Gasteiger partial charge in [0.25, 0.3) is 0 Å². The van der Waals surface area contributed by atoms with E-state index >= 15 is 0 Å². The first kappa shape index (κ1) is 13.9. The number of fused-ring (bicyclic) bond motifs is 1. The highest BCUT2D eigenvalue weighted by atomic mass is 19.4. The van der Waals surface area contributed by atoms with Crippen molar-refractivity contribution in [3.63, 3.8) is 0 Å². The smallest absolute Gasteiger partial charge is 0.416 e. The first-order valence-corrected chi connectivity index (χ1v) is 6.34. The number of hydrogen-bond donors (Lipinski definition) is 0. The second-order valence-corrected chi connectivity index (χ2v) is 4.96. The molecule has 1 nitrogen and oxygen atoms in total. The monoisotopic (exact) mass is 295 g/mol. The maximum absolute atomic E-state index is 13.0. The van der Waals surface area contributed by atoms with Crippen LogP contribution in [-0.4, -0.2) is 6.10 Å². The first-order chi connectivity index (χ1) is 9.84. The summed E-state index contributed by atoms with van der Waals surface area (Å²) < 4.78 is 57.5. The van der Waals surface area contributed by atoms with E-state index in [0.717, 1.165) is 12.1 Å². The van der Waals surface area contributed by atoms with Gasteiger partial charge in [0.15, 0.2) is 0 Å². The lowest BCUT2D eigenvalue weighted by molar-refractivity contribution is -0.137. The number of benzene rings is 2. The molecule has 21 heavy (non-hydrogen) atoms. The van der Waals surface area contributed by atoms with Gasteiger partial charge in [-0.05, 0) is 42.3 Å². The number of halogens is 4. The summed E-state index contributed by atoms with van der Waals surface area (Å²) >= 11 is 0. The van der Waals surface area contributed by atoms with Crippen molar-refractivity contribution >= 4 is 0 Å². The van der Waals surface area contributed by atoms with Crippen molar-refractivity contribution < 1.29 is 22.3 Å². The van der Waals surface area contributed by atoms with Crippen molar-refractivity contribution in [3.05, 3.63) is 60.3 Å². The Morgan fingerprint density at radius 3 is 2.38 bits per heavy atom. The summed E-state index contributed by atoms with van der Waals surface area (Å²) in [5.74, 6) is -0.0482. The molecule has 109 valence electrons. The van der Waals surface area contributed by atoms with Crippen LogP contribution in [0.3, 0.4) is 0 Å². The van der Waals surface area contributed by atoms with E-state index in [-0.39, 0.29) is 0 Å². The van der Waals surface area contributed by atoms with Crippen LogP contribution in [0, 0.1) is 12.7 Å². The molecular weight excluding hydrogens is 284 g/mol. The zero-order valence-corrected chi connectivity index (χ0v) is 10.9. The molecule has 0 spiro atoms. The lowest BCUT2D eigenvalue weighted by atomic mass is 9.97. The van der Waals surface area contributed by atoms with Crippen LogP contribution in [0.15, 0.2) is 36.4 Å². The molecule has 0 amide bonds. The van der Waals surface area contributed by atoms with Gasteiger partial charge in [0.2, 0.25) is 0 Å². The molecule has 0 bridgehead atoms. The summed E-state index contributed by atoms with van der Waals surface area (Å²) in [6.45, 7) is 3.73. The molecule has 1 heterocycles. The van der Waals surface area contributed by atoms with Gasteiger partial charge in [0.05, 0.1) is 5.56 Å². The number of alkyl halides is 3. The van der Waals surface area contributed by atoms with Crippen LogP contribution in [-0.2, 0) is 12.6 Å². The standard InChI is InChI=1S/C16H11F4O/c1-9-6-11-7-12(16(18,19)20)8-14(15(11)21-9)10-2-4-13(17)5-3-10/h2-5,7-9H,1,6H2. The molecule has 0 fully saturated rings. The molecule has 1 atom stereocenters. The molecule has 0 aromatic heterocycles. The van der Waals surface area contributed by atoms with Gasteiger partial charge in [-0.1, -0.05) is 12.1 Å². The Bertz CT molecular complexity index is 674. The maximum atomic E-state index is 13.0. The molecule has 1 aliphatic heterocycles. The Morgan fingerprint density at radius 1 is 1.10 bits per heavy atom. The third-order valence-corrected chi connectivity index (χ3v) is 3.38. The van der Waals surface area contributed by atoms with Gasteiger partial charge in [-0.25, -0.2) is 4.39 Å². The molecule has 0 N–H and O–H groups in total. The molecular formula is C16H11F4O. The average molecular weight is 295 g/mol. The Labute approximate surface area is 119 Å². The number of ether oxygens (including phenoxy) is 1. The Kier molecular flexibility index (Phi) is 3.15. The summed E-state index contributed by atoms with van der Waals surface area (Å²) in [4.78, 5) is 0. The Hall–Kier alpha value is -2.04. The minimum absolute atomic E-state index is 0.311. The van der Waals surface area contributed by atoms with Gasteiger partial charge in [-0.2, -0.15) is 13.2 Å². The van der Waals surface area contributed by atoms with Gasteiger partial charge in [0.1, 0.15) is 17.7 Å². The summed E-state index contributed by atoms with van der Waals surface area (Å²) in [7, 11) is 0. The van der Waals surface area contributed by atoms with Crippen LogP contribution < -0.4 is 4.74 Å². The highest BCUT2D eigenvalue weighted by molar-refractivity contribution is 5.74. The van der Waals surface area contributed by atoms with Crippen molar-refractivity contribution in [1.82, 2.24) is 0 Å². The quantitative estimate of drug-likeness (QED) is 0.696. The van der Waals surface area contributed by atoms with Crippen molar-refractivity contribution in [3.8, 4) is 16.9 Å². The lowest BCUT2D eigenvalue weighted by Crippen LogP contribution is -2.06. The zero-order valence-electron chi connectivity index (χ0n) is 10.9. The van der Waals surface area contributed by atoms with Gasteiger partial charge >= 0.3 is 6.18 Å². The second kappa shape index (κ2) is 4.76. The molecule has 2 aromatic carbocycles. The molecule has 0 aliphatic carbocycles. The van der Waals surface area contributed by atoms with Gasteiger partial charge in [-0.15, -0.1) is 0 Å². The van der Waals surface area contributed by atoms with E-state index < -0.39 is 23.7 Å². The topological polar surface area (TPSA) is 9.23 Å². The highest BCUT2D eigenvalue weighted by Crippen LogP contribution is 2.43. The molecule has 0 saturated heterocycles. The molecule has 0 saturated carbocycles. The highest BCUT2D eigenvalue weighted by Gasteiger charge is 2.34. The summed E-state index contributed by atoms with van der Waals surface area (Å²) in [5.41, 5.74) is 0.529. The minimum atomic E-state index is -4.44. The molecule has 1 radical (unpaired) electrons. The van der Waals surface area contributed by atoms with Gasteiger partial charge < -0.3 is 4.74 Å². The second-order valence-electron chi connectivity index (χ2n) is 4.96. The Balaban J connectivity index is 2.19. The fourth-order valence-electron chi connectivity index (χ4n) is 2.44. The third-order valence-electron chi connectivity index (χ3n) is 3.38. The molecule has 2 aromatic rings. The average Bonchev–Trinajstić information content (AvgIpc) is 2.77. The fourth-order valence-corrected chi connectivity index (χ4v) is 2.44. The summed E-state index contributed by atoms with van der Waals surface area (Å²) in [5, 5.41) is 0. The molecule has 5 heteroatoms. The van der Waals surface area contributed by atoms with Crippen molar-refractivity contribution in [2.24, 2.45) is 0 Å². The largest absolute Gasteiger partial charge is 0.489 e.